The molecule has 1 atom stereocenters. The number of halogens is 1. The number of methoxy groups -OCH3 is 2. The van der Waals surface area contributed by atoms with Crippen LogP contribution >= 0.6 is 11.6 Å². The van der Waals surface area contributed by atoms with E-state index in [0.29, 0.717) is 0 Å². The molecular weight excluding hydrogens is 284 g/mol. The lowest BCUT2D eigenvalue weighted by atomic mass is 10.0. The fourth-order valence-electron chi connectivity index (χ4n) is 2.30. The van der Waals surface area contributed by atoms with Gasteiger partial charge in [-0.15, -0.1) is 11.6 Å². The summed E-state index contributed by atoms with van der Waals surface area (Å²) in [5.41, 5.74) is 3.52. The third kappa shape index (κ3) is 4.48. The van der Waals surface area contributed by atoms with E-state index in [9.17, 15) is 0 Å². The molecule has 0 spiro atoms. The summed E-state index contributed by atoms with van der Waals surface area (Å²) < 4.78 is 10.5. The molecule has 0 N–H and O–H groups in total. The molecular formula is C18H21ClO2. The Morgan fingerprint density at radius 2 is 1.71 bits per heavy atom. The molecule has 0 aliphatic rings. The van der Waals surface area contributed by atoms with Gasteiger partial charge in [-0.1, -0.05) is 42.5 Å². The van der Waals surface area contributed by atoms with Crippen LogP contribution in [0.25, 0.3) is 0 Å². The molecule has 0 fully saturated rings. The molecule has 0 saturated carbocycles. The third-order valence-corrected chi connectivity index (χ3v) is 3.93. The molecule has 3 heteroatoms. The molecule has 0 radical (unpaired) electrons. The molecule has 2 nitrogen and oxygen atoms in total. The van der Waals surface area contributed by atoms with Crippen LogP contribution in [0.5, 0.6) is 5.75 Å². The lowest BCUT2D eigenvalue weighted by molar-refractivity contribution is 0.202. The Labute approximate surface area is 131 Å². The van der Waals surface area contributed by atoms with E-state index in [0.717, 1.165) is 36.3 Å². The largest absolute Gasteiger partial charge is 0.496 e. The molecule has 21 heavy (non-hydrogen) atoms. The van der Waals surface area contributed by atoms with Crippen molar-refractivity contribution in [1.29, 1.82) is 0 Å². The van der Waals surface area contributed by atoms with Gasteiger partial charge < -0.3 is 9.47 Å². The second-order valence-corrected chi connectivity index (χ2v) is 5.49. The predicted molar refractivity (Wildman–Crippen MR) is 87.3 cm³/mol. The molecule has 0 amide bonds. The zero-order valence-corrected chi connectivity index (χ0v) is 13.3. The monoisotopic (exact) mass is 304 g/mol. The summed E-state index contributed by atoms with van der Waals surface area (Å²) in [5, 5.41) is -0.0576. The molecule has 0 aromatic heterocycles. The highest BCUT2D eigenvalue weighted by molar-refractivity contribution is 6.20. The van der Waals surface area contributed by atoms with Gasteiger partial charge in [-0.3, -0.25) is 0 Å². The maximum atomic E-state index is 6.55. The van der Waals surface area contributed by atoms with Gasteiger partial charge in [-0.25, -0.2) is 0 Å². The number of para-hydroxylation sites is 1. The summed E-state index contributed by atoms with van der Waals surface area (Å²) in [4.78, 5) is 0. The van der Waals surface area contributed by atoms with Gasteiger partial charge >= 0.3 is 0 Å². The first-order valence-corrected chi connectivity index (χ1v) is 7.52. The van der Waals surface area contributed by atoms with Crippen LogP contribution in [0.15, 0.2) is 48.5 Å². The highest BCUT2D eigenvalue weighted by Crippen LogP contribution is 2.29. The van der Waals surface area contributed by atoms with Crippen LogP contribution in [0.4, 0.5) is 0 Å². The van der Waals surface area contributed by atoms with Crippen molar-refractivity contribution in [1.82, 2.24) is 0 Å². The molecule has 0 aliphatic carbocycles. The summed E-state index contributed by atoms with van der Waals surface area (Å²) in [6.07, 6.45) is 1.68. The first-order valence-electron chi connectivity index (χ1n) is 7.08. The Bertz CT molecular complexity index is 551. The molecule has 2 rings (SSSR count). The average molecular weight is 305 g/mol. The van der Waals surface area contributed by atoms with Crippen molar-refractivity contribution in [3.63, 3.8) is 0 Å². The van der Waals surface area contributed by atoms with E-state index in [4.69, 9.17) is 21.1 Å². The maximum absolute atomic E-state index is 6.55. The number of benzene rings is 2. The van der Waals surface area contributed by atoms with Crippen molar-refractivity contribution in [2.24, 2.45) is 0 Å². The van der Waals surface area contributed by atoms with Gasteiger partial charge in [-0.2, -0.15) is 0 Å². The van der Waals surface area contributed by atoms with Crippen molar-refractivity contribution in [2.45, 2.75) is 18.2 Å². The van der Waals surface area contributed by atoms with Crippen LogP contribution in [0.2, 0.25) is 0 Å². The standard InChI is InChI=1S/C18H21ClO2/c1-20-12-11-14-7-9-15(10-8-14)17(19)13-16-5-3-4-6-18(16)21-2/h3-10,17H,11-13H2,1-2H3. The molecule has 0 bridgehead atoms. The highest BCUT2D eigenvalue weighted by atomic mass is 35.5. The van der Waals surface area contributed by atoms with Crippen LogP contribution < -0.4 is 4.74 Å². The maximum Gasteiger partial charge on any atom is 0.122 e. The highest BCUT2D eigenvalue weighted by Gasteiger charge is 2.12. The van der Waals surface area contributed by atoms with Gasteiger partial charge in [-0.05, 0) is 35.6 Å². The molecule has 2 aromatic carbocycles. The van der Waals surface area contributed by atoms with Crippen molar-refractivity contribution in [2.75, 3.05) is 20.8 Å². The molecule has 112 valence electrons. The summed E-state index contributed by atoms with van der Waals surface area (Å²) in [6, 6.07) is 16.4. The topological polar surface area (TPSA) is 18.5 Å². The van der Waals surface area contributed by atoms with Crippen LogP contribution in [-0.2, 0) is 17.6 Å². The summed E-state index contributed by atoms with van der Waals surface area (Å²) in [7, 11) is 3.41. The summed E-state index contributed by atoms with van der Waals surface area (Å²) >= 11 is 6.55. The fraction of sp³-hybridized carbons (Fsp3) is 0.333. The van der Waals surface area contributed by atoms with Crippen molar-refractivity contribution < 1.29 is 9.47 Å². The second kappa shape index (κ2) is 8.06. The third-order valence-electron chi connectivity index (χ3n) is 3.53. The molecule has 0 heterocycles. The van der Waals surface area contributed by atoms with Gasteiger partial charge in [0.2, 0.25) is 0 Å². The summed E-state index contributed by atoms with van der Waals surface area (Å²) in [6.45, 7) is 0.741. The normalized spacial score (nSPS) is 12.1. The Morgan fingerprint density at radius 1 is 1.00 bits per heavy atom. The van der Waals surface area contributed by atoms with Crippen molar-refractivity contribution in [3.05, 3.63) is 65.2 Å². The van der Waals surface area contributed by atoms with E-state index in [-0.39, 0.29) is 5.38 Å². The summed E-state index contributed by atoms with van der Waals surface area (Å²) in [5.74, 6) is 0.889. The Morgan fingerprint density at radius 3 is 2.38 bits per heavy atom. The van der Waals surface area contributed by atoms with E-state index in [1.807, 2.05) is 18.2 Å². The van der Waals surface area contributed by atoms with E-state index in [1.54, 1.807) is 14.2 Å². The minimum atomic E-state index is -0.0576. The van der Waals surface area contributed by atoms with Crippen LogP contribution in [0.3, 0.4) is 0 Å². The number of ether oxygens (including phenoxy) is 2. The fourth-order valence-corrected chi connectivity index (χ4v) is 2.61. The molecule has 2 aromatic rings. The quantitative estimate of drug-likeness (QED) is 0.706. The van der Waals surface area contributed by atoms with Gasteiger partial charge in [0, 0.05) is 7.11 Å². The molecule has 0 saturated heterocycles. The van der Waals surface area contributed by atoms with Gasteiger partial charge in [0.25, 0.3) is 0 Å². The van der Waals surface area contributed by atoms with E-state index in [1.165, 1.54) is 5.56 Å². The van der Waals surface area contributed by atoms with Crippen LogP contribution in [-0.4, -0.2) is 20.8 Å². The number of hydrogen-bond donors (Lipinski definition) is 0. The Balaban J connectivity index is 2.04. The lowest BCUT2D eigenvalue weighted by Gasteiger charge is -2.13. The van der Waals surface area contributed by atoms with Crippen LogP contribution in [0, 0.1) is 0 Å². The Hall–Kier alpha value is -1.51. The van der Waals surface area contributed by atoms with Gasteiger partial charge in [0.1, 0.15) is 5.75 Å². The first kappa shape index (κ1) is 15.9. The number of alkyl halides is 1. The minimum absolute atomic E-state index is 0.0576. The van der Waals surface area contributed by atoms with Crippen molar-refractivity contribution >= 4 is 11.6 Å². The SMILES string of the molecule is COCCc1ccc(C(Cl)Cc2ccccc2OC)cc1. The van der Waals surface area contributed by atoms with Crippen molar-refractivity contribution in [3.8, 4) is 5.75 Å². The Kier molecular flexibility index (Phi) is 6.09. The number of hydrogen-bond acceptors (Lipinski definition) is 2. The second-order valence-electron chi connectivity index (χ2n) is 4.97. The van der Waals surface area contributed by atoms with Crippen LogP contribution in [0.1, 0.15) is 22.1 Å². The average Bonchev–Trinajstić information content (AvgIpc) is 2.54. The zero-order chi connectivity index (χ0) is 15.1. The number of rotatable bonds is 7. The van der Waals surface area contributed by atoms with Gasteiger partial charge in [0.15, 0.2) is 0 Å². The minimum Gasteiger partial charge on any atom is -0.496 e. The van der Waals surface area contributed by atoms with Gasteiger partial charge in [0.05, 0.1) is 19.1 Å². The smallest absolute Gasteiger partial charge is 0.122 e. The molecule has 1 unspecified atom stereocenters. The lowest BCUT2D eigenvalue weighted by Crippen LogP contribution is -1.99. The predicted octanol–water partition coefficient (Wildman–Crippen LogP) is 4.41. The molecule has 0 aliphatic heterocycles. The van der Waals surface area contributed by atoms with E-state index in [2.05, 4.69) is 30.3 Å². The van der Waals surface area contributed by atoms with E-state index < -0.39 is 0 Å². The van der Waals surface area contributed by atoms with E-state index >= 15 is 0 Å². The first-order chi connectivity index (χ1) is 10.2. The zero-order valence-electron chi connectivity index (χ0n) is 12.5.